The maximum atomic E-state index is 12.7. The van der Waals surface area contributed by atoms with Crippen LogP contribution in [0.5, 0.6) is 0 Å². The zero-order valence-electron chi connectivity index (χ0n) is 15.0. The van der Waals surface area contributed by atoms with Crippen LogP contribution in [0.1, 0.15) is 34.3 Å². The Balaban J connectivity index is 1.50. The van der Waals surface area contributed by atoms with Gasteiger partial charge >= 0.3 is 0 Å². The van der Waals surface area contributed by atoms with E-state index in [-0.39, 0.29) is 11.8 Å². The van der Waals surface area contributed by atoms with E-state index < -0.39 is 5.66 Å². The lowest BCUT2D eigenvalue weighted by Gasteiger charge is -2.37. The zero-order chi connectivity index (χ0) is 19.0. The van der Waals surface area contributed by atoms with E-state index in [1.165, 1.54) is 0 Å². The first-order valence-electron chi connectivity index (χ1n) is 9.01. The fraction of sp³-hybridized carbons (Fsp3) is 0.286. The summed E-state index contributed by atoms with van der Waals surface area (Å²) in [5, 5.41) is 3.49. The summed E-state index contributed by atoms with van der Waals surface area (Å²) in [6, 6.07) is 14.9. The molecule has 0 bridgehead atoms. The van der Waals surface area contributed by atoms with Gasteiger partial charge in [-0.3, -0.25) is 14.6 Å². The first kappa shape index (κ1) is 17.7. The van der Waals surface area contributed by atoms with Crippen LogP contribution in [0.15, 0.2) is 53.5 Å². The molecule has 0 saturated carbocycles. The molecule has 4 rings (SSSR count). The zero-order valence-corrected chi connectivity index (χ0v) is 15.8. The van der Waals surface area contributed by atoms with Crippen LogP contribution in [0.25, 0.3) is 0 Å². The third-order valence-electron chi connectivity index (χ3n) is 5.19. The molecule has 5 nitrogen and oxygen atoms in total. The summed E-state index contributed by atoms with van der Waals surface area (Å²) in [7, 11) is 0. The minimum atomic E-state index is -0.617. The minimum absolute atomic E-state index is 0.0810. The molecule has 0 aliphatic carbocycles. The first-order valence-corrected chi connectivity index (χ1v) is 9.38. The second-order valence-corrected chi connectivity index (χ2v) is 7.49. The molecule has 6 heteroatoms. The molecular weight excluding hydrogens is 362 g/mol. The van der Waals surface area contributed by atoms with E-state index in [1.807, 2.05) is 31.2 Å². The van der Waals surface area contributed by atoms with Crippen LogP contribution in [0, 0.1) is 6.92 Å². The van der Waals surface area contributed by atoms with Crippen molar-refractivity contribution >= 4 is 29.1 Å². The molecule has 0 atom stereocenters. The lowest BCUT2D eigenvalue weighted by atomic mass is 9.97. The maximum absolute atomic E-state index is 12.7. The lowest BCUT2D eigenvalue weighted by Crippen LogP contribution is -2.52. The molecule has 2 aromatic carbocycles. The summed E-state index contributed by atoms with van der Waals surface area (Å²) in [5.74, 6) is -0.229. The van der Waals surface area contributed by atoms with E-state index in [2.05, 4.69) is 5.32 Å². The van der Waals surface area contributed by atoms with Crippen LogP contribution in [0.4, 0.5) is 0 Å². The van der Waals surface area contributed by atoms with Gasteiger partial charge in [0, 0.05) is 31.5 Å². The van der Waals surface area contributed by atoms with Gasteiger partial charge < -0.3 is 10.2 Å². The van der Waals surface area contributed by atoms with Gasteiger partial charge in [0.05, 0.1) is 10.6 Å². The number of nitrogens with zero attached hydrogens (tertiary/aromatic N) is 2. The fourth-order valence-corrected chi connectivity index (χ4v) is 3.81. The Morgan fingerprint density at radius 2 is 1.78 bits per heavy atom. The molecular formula is C21H20ClN3O2. The van der Waals surface area contributed by atoms with Gasteiger partial charge in [-0.2, -0.15) is 0 Å². The van der Waals surface area contributed by atoms with E-state index in [0.29, 0.717) is 42.2 Å². The molecule has 2 aliphatic rings. The number of rotatable bonds is 2. The highest BCUT2D eigenvalue weighted by molar-refractivity contribution is 6.46. The third kappa shape index (κ3) is 3.35. The quantitative estimate of drug-likeness (QED) is 0.868. The molecule has 1 N–H and O–H groups in total. The van der Waals surface area contributed by atoms with Crippen molar-refractivity contribution in [3.05, 3.63) is 70.2 Å². The predicted octanol–water partition coefficient (Wildman–Crippen LogP) is 3.20. The summed E-state index contributed by atoms with van der Waals surface area (Å²) in [6.45, 7) is 3.05. The largest absolute Gasteiger partial charge is 0.338 e. The van der Waals surface area contributed by atoms with Crippen molar-refractivity contribution in [1.82, 2.24) is 10.2 Å². The predicted molar refractivity (Wildman–Crippen MR) is 105 cm³/mol. The molecule has 0 aromatic heterocycles. The number of amides is 2. The van der Waals surface area contributed by atoms with E-state index in [0.717, 1.165) is 11.1 Å². The van der Waals surface area contributed by atoms with Crippen LogP contribution in [-0.2, 0) is 4.79 Å². The van der Waals surface area contributed by atoms with Gasteiger partial charge in [0.25, 0.3) is 11.8 Å². The van der Waals surface area contributed by atoms with Crippen molar-refractivity contribution in [2.75, 3.05) is 13.1 Å². The van der Waals surface area contributed by atoms with E-state index in [1.54, 1.807) is 29.2 Å². The van der Waals surface area contributed by atoms with E-state index in [4.69, 9.17) is 16.6 Å². The number of carbonyl (C=O) groups excluding carboxylic acids is 2. The second-order valence-electron chi connectivity index (χ2n) is 7.08. The van der Waals surface area contributed by atoms with Crippen LogP contribution in [0.3, 0.4) is 0 Å². The number of benzene rings is 2. The Hall–Kier alpha value is -2.66. The Labute approximate surface area is 163 Å². The van der Waals surface area contributed by atoms with Crippen LogP contribution in [0.2, 0.25) is 5.02 Å². The molecule has 2 amide bonds. The number of aryl methyl sites for hydroxylation is 1. The normalized spacial score (nSPS) is 18.4. The molecule has 27 heavy (non-hydrogen) atoms. The number of carbonyl (C=O) groups is 2. The average molecular weight is 382 g/mol. The standard InChI is InChI=1S/C21H20ClN3O2/c1-14-6-8-15(9-7-14)18-19(26)24-21(23-18)10-12-25(13-11-21)20(27)16-4-2-3-5-17(16)22/h2-9H,10-13H2,1H3,(H,24,26). The molecule has 138 valence electrons. The molecule has 1 fully saturated rings. The van der Waals surface area contributed by atoms with Crippen molar-refractivity contribution < 1.29 is 9.59 Å². The van der Waals surface area contributed by atoms with Gasteiger partial charge in [-0.1, -0.05) is 53.6 Å². The first-order chi connectivity index (χ1) is 13.0. The van der Waals surface area contributed by atoms with Gasteiger partial charge in [-0.15, -0.1) is 0 Å². The lowest BCUT2D eigenvalue weighted by molar-refractivity contribution is -0.115. The van der Waals surface area contributed by atoms with Gasteiger partial charge in [0.1, 0.15) is 11.4 Å². The van der Waals surface area contributed by atoms with Gasteiger partial charge in [-0.25, -0.2) is 0 Å². The number of hydrogen-bond donors (Lipinski definition) is 1. The highest BCUT2D eigenvalue weighted by atomic mass is 35.5. The van der Waals surface area contributed by atoms with Crippen molar-refractivity contribution in [3.8, 4) is 0 Å². The smallest absolute Gasteiger partial charge is 0.272 e. The monoisotopic (exact) mass is 381 g/mol. The summed E-state index contributed by atoms with van der Waals surface area (Å²) in [5.41, 5.74) is 2.33. The van der Waals surface area contributed by atoms with Crippen LogP contribution in [-0.4, -0.2) is 41.2 Å². The van der Waals surface area contributed by atoms with Gasteiger partial charge in [-0.05, 0) is 19.1 Å². The number of halogens is 1. The molecule has 0 unspecified atom stereocenters. The average Bonchev–Trinajstić information content (AvgIpc) is 2.99. The Morgan fingerprint density at radius 3 is 2.44 bits per heavy atom. The molecule has 0 radical (unpaired) electrons. The number of aliphatic imine (C=N–C) groups is 1. The van der Waals surface area contributed by atoms with Crippen LogP contribution < -0.4 is 5.32 Å². The molecule has 2 aromatic rings. The summed E-state index contributed by atoms with van der Waals surface area (Å²) in [6.07, 6.45) is 1.18. The summed E-state index contributed by atoms with van der Waals surface area (Å²) >= 11 is 6.15. The summed E-state index contributed by atoms with van der Waals surface area (Å²) in [4.78, 5) is 31.7. The molecule has 2 heterocycles. The molecule has 2 aliphatic heterocycles. The van der Waals surface area contributed by atoms with Crippen LogP contribution >= 0.6 is 11.6 Å². The SMILES string of the molecule is Cc1ccc(C2=NC3(CCN(C(=O)c4ccccc4Cl)CC3)NC2=O)cc1. The number of likely N-dealkylation sites (tertiary alicyclic amines) is 1. The number of nitrogens with one attached hydrogen (secondary N) is 1. The van der Waals surface area contributed by atoms with E-state index in [9.17, 15) is 9.59 Å². The van der Waals surface area contributed by atoms with Crippen molar-refractivity contribution in [2.24, 2.45) is 4.99 Å². The topological polar surface area (TPSA) is 61.8 Å². The molecule has 1 saturated heterocycles. The van der Waals surface area contributed by atoms with E-state index >= 15 is 0 Å². The fourth-order valence-electron chi connectivity index (χ4n) is 3.59. The van der Waals surface area contributed by atoms with Crippen molar-refractivity contribution in [2.45, 2.75) is 25.4 Å². The highest BCUT2D eigenvalue weighted by Crippen LogP contribution is 2.30. The Morgan fingerprint density at radius 1 is 1.11 bits per heavy atom. The third-order valence-corrected chi connectivity index (χ3v) is 5.52. The minimum Gasteiger partial charge on any atom is -0.338 e. The van der Waals surface area contributed by atoms with Crippen molar-refractivity contribution in [1.29, 1.82) is 0 Å². The molecule has 1 spiro atoms. The Kier molecular flexibility index (Phi) is 4.48. The van der Waals surface area contributed by atoms with Crippen molar-refractivity contribution in [3.63, 3.8) is 0 Å². The van der Waals surface area contributed by atoms with Gasteiger partial charge in [0.2, 0.25) is 0 Å². The maximum Gasteiger partial charge on any atom is 0.272 e. The highest BCUT2D eigenvalue weighted by Gasteiger charge is 2.43. The second kappa shape index (κ2) is 6.82. The van der Waals surface area contributed by atoms with Gasteiger partial charge in [0.15, 0.2) is 0 Å². The number of hydrogen-bond acceptors (Lipinski definition) is 3. The Bertz CT molecular complexity index is 929. The summed E-state index contributed by atoms with van der Waals surface area (Å²) < 4.78 is 0. The number of piperidine rings is 1.